The van der Waals surface area contributed by atoms with Gasteiger partial charge in [-0.15, -0.1) is 0 Å². The molecular weight excluding hydrogens is 354 g/mol. The van der Waals surface area contributed by atoms with Crippen molar-refractivity contribution in [3.05, 3.63) is 23.4 Å². The Bertz CT molecular complexity index is 745. The molecule has 6 heteroatoms. The molecule has 4 aliphatic carbocycles. The Morgan fingerprint density at radius 3 is 2.57 bits per heavy atom. The third-order valence-electron chi connectivity index (χ3n) is 8.29. The van der Waals surface area contributed by atoms with Crippen LogP contribution in [0.25, 0.3) is 0 Å². The van der Waals surface area contributed by atoms with Gasteiger partial charge in [0.1, 0.15) is 6.10 Å². The number of ether oxygens (including phenoxy) is 1. The molecule has 0 aliphatic heterocycles. The van der Waals surface area contributed by atoms with Gasteiger partial charge in [0, 0.05) is 24.5 Å². The molecule has 2 amide bonds. The molecule has 4 N–H and O–H groups in total. The van der Waals surface area contributed by atoms with E-state index < -0.39 is 6.03 Å². The van der Waals surface area contributed by atoms with E-state index in [4.69, 9.17) is 10.5 Å². The lowest BCUT2D eigenvalue weighted by Gasteiger charge is -2.57. The standard InChI is InChI=1S/C22H33N3O3/c1-13(26)28-15-8-10-21(2)14(12-15)4-5-16-17-6-7-19(24-25-20(23)27)22(17,3)11-9-18(16)21/h4,7,15-18,24H,5-6,8-12H2,1-3H3,(H3,23,25,27)/t15-,16+,17-,18-,21-,22+/m1/s1. The monoisotopic (exact) mass is 387 g/mol. The molecule has 2 saturated carbocycles. The zero-order valence-corrected chi connectivity index (χ0v) is 17.2. The van der Waals surface area contributed by atoms with Gasteiger partial charge in [-0.25, -0.2) is 4.79 Å². The normalized spacial score (nSPS) is 41.5. The second-order valence-corrected chi connectivity index (χ2v) is 9.66. The van der Waals surface area contributed by atoms with E-state index >= 15 is 0 Å². The molecule has 28 heavy (non-hydrogen) atoms. The molecule has 0 aromatic heterocycles. The van der Waals surface area contributed by atoms with E-state index in [0.29, 0.717) is 17.8 Å². The molecule has 0 aromatic rings. The number of carbonyl (C=O) groups excluding carboxylic acids is 2. The highest BCUT2D eigenvalue weighted by Gasteiger charge is 2.57. The summed E-state index contributed by atoms with van der Waals surface area (Å²) in [5.41, 5.74) is 13.8. The van der Waals surface area contributed by atoms with Gasteiger partial charge >= 0.3 is 12.0 Å². The number of hydrazine groups is 1. The summed E-state index contributed by atoms with van der Waals surface area (Å²) in [7, 11) is 0. The maximum absolute atomic E-state index is 11.4. The van der Waals surface area contributed by atoms with Crippen LogP contribution in [0, 0.1) is 28.6 Å². The van der Waals surface area contributed by atoms with E-state index in [-0.39, 0.29) is 22.9 Å². The van der Waals surface area contributed by atoms with Crippen LogP contribution in [-0.4, -0.2) is 18.1 Å². The quantitative estimate of drug-likeness (QED) is 0.392. The van der Waals surface area contributed by atoms with E-state index in [1.54, 1.807) is 0 Å². The van der Waals surface area contributed by atoms with Gasteiger partial charge in [-0.05, 0) is 61.7 Å². The van der Waals surface area contributed by atoms with Crippen molar-refractivity contribution in [1.29, 1.82) is 0 Å². The summed E-state index contributed by atoms with van der Waals surface area (Å²) in [6.07, 6.45) is 12.2. The molecule has 2 fully saturated rings. The van der Waals surface area contributed by atoms with Crippen molar-refractivity contribution in [3.8, 4) is 0 Å². The van der Waals surface area contributed by atoms with Crippen LogP contribution >= 0.6 is 0 Å². The molecule has 154 valence electrons. The number of urea groups is 1. The van der Waals surface area contributed by atoms with Crippen LogP contribution in [-0.2, 0) is 9.53 Å². The van der Waals surface area contributed by atoms with Crippen molar-refractivity contribution in [2.75, 3.05) is 0 Å². The first-order chi connectivity index (χ1) is 13.2. The molecule has 4 aliphatic rings. The fourth-order valence-corrected chi connectivity index (χ4v) is 6.85. The third kappa shape index (κ3) is 3.01. The minimum atomic E-state index is -0.552. The Labute approximate surface area is 167 Å². The molecule has 6 atom stereocenters. The maximum Gasteiger partial charge on any atom is 0.330 e. The summed E-state index contributed by atoms with van der Waals surface area (Å²) in [5, 5.41) is 0. The molecule has 0 bridgehead atoms. The number of carbonyl (C=O) groups is 2. The lowest BCUT2D eigenvalue weighted by atomic mass is 9.48. The van der Waals surface area contributed by atoms with Gasteiger partial charge in [-0.2, -0.15) is 0 Å². The van der Waals surface area contributed by atoms with Crippen molar-refractivity contribution in [2.45, 2.75) is 71.8 Å². The first-order valence-electron chi connectivity index (χ1n) is 10.6. The molecule has 0 spiro atoms. The maximum atomic E-state index is 11.4. The molecule has 0 aromatic carbocycles. The first-order valence-corrected chi connectivity index (χ1v) is 10.6. The lowest BCUT2D eigenvalue weighted by Crippen LogP contribution is -2.52. The first kappa shape index (κ1) is 19.3. The van der Waals surface area contributed by atoms with E-state index in [1.807, 2.05) is 0 Å². The topological polar surface area (TPSA) is 93.4 Å². The summed E-state index contributed by atoms with van der Waals surface area (Å²) in [5.74, 6) is 1.75. The summed E-state index contributed by atoms with van der Waals surface area (Å²) < 4.78 is 5.53. The molecule has 4 rings (SSSR count). The minimum absolute atomic E-state index is 0.0473. The Hall–Kier alpha value is -1.98. The van der Waals surface area contributed by atoms with E-state index in [1.165, 1.54) is 18.9 Å². The van der Waals surface area contributed by atoms with Gasteiger partial charge in [-0.3, -0.25) is 10.2 Å². The fourth-order valence-electron chi connectivity index (χ4n) is 6.85. The predicted molar refractivity (Wildman–Crippen MR) is 107 cm³/mol. The lowest BCUT2D eigenvalue weighted by molar-refractivity contribution is -0.148. The summed E-state index contributed by atoms with van der Waals surface area (Å²) in [6.45, 7) is 6.28. The number of primary amides is 1. The number of rotatable bonds is 3. The van der Waals surface area contributed by atoms with Gasteiger partial charge in [0.15, 0.2) is 0 Å². The second kappa shape index (κ2) is 6.82. The molecule has 6 nitrogen and oxygen atoms in total. The largest absolute Gasteiger partial charge is 0.462 e. The van der Waals surface area contributed by atoms with Crippen molar-refractivity contribution >= 4 is 12.0 Å². The van der Waals surface area contributed by atoms with Gasteiger partial charge in [-0.1, -0.05) is 31.6 Å². The van der Waals surface area contributed by atoms with Crippen molar-refractivity contribution in [3.63, 3.8) is 0 Å². The number of amides is 2. The summed E-state index contributed by atoms with van der Waals surface area (Å²) in [6, 6.07) is -0.552. The summed E-state index contributed by atoms with van der Waals surface area (Å²) >= 11 is 0. The highest BCUT2D eigenvalue weighted by Crippen LogP contribution is 2.64. The van der Waals surface area contributed by atoms with Crippen LogP contribution in [0.3, 0.4) is 0 Å². The second-order valence-electron chi connectivity index (χ2n) is 9.66. The smallest absolute Gasteiger partial charge is 0.330 e. The van der Waals surface area contributed by atoms with Crippen LogP contribution in [0.5, 0.6) is 0 Å². The fraction of sp³-hybridized carbons (Fsp3) is 0.727. The Morgan fingerprint density at radius 2 is 1.86 bits per heavy atom. The van der Waals surface area contributed by atoms with Crippen LogP contribution < -0.4 is 16.6 Å². The molecule has 0 radical (unpaired) electrons. The van der Waals surface area contributed by atoms with Gasteiger partial charge in [0.2, 0.25) is 0 Å². The van der Waals surface area contributed by atoms with Gasteiger partial charge in [0.25, 0.3) is 0 Å². The summed E-state index contributed by atoms with van der Waals surface area (Å²) in [4.78, 5) is 22.5. The number of fused-ring (bicyclic) bond motifs is 5. The van der Waals surface area contributed by atoms with Crippen LogP contribution in [0.2, 0.25) is 0 Å². The van der Waals surface area contributed by atoms with Crippen molar-refractivity contribution in [2.24, 2.45) is 34.3 Å². The zero-order valence-electron chi connectivity index (χ0n) is 17.2. The Morgan fingerprint density at radius 1 is 1.11 bits per heavy atom. The highest BCUT2D eigenvalue weighted by molar-refractivity contribution is 5.71. The predicted octanol–water partition coefficient (Wildman–Crippen LogP) is 3.55. The van der Waals surface area contributed by atoms with Crippen LogP contribution in [0.15, 0.2) is 23.4 Å². The average Bonchev–Trinajstić information content (AvgIpc) is 2.96. The van der Waals surface area contributed by atoms with Crippen molar-refractivity contribution < 1.29 is 14.3 Å². The number of nitrogens with one attached hydrogen (secondary N) is 2. The van der Waals surface area contributed by atoms with Crippen LogP contribution in [0.1, 0.15) is 65.7 Å². The SMILES string of the molecule is CC(=O)O[C@@H]1CC[C@]2(C)C(=CC[C@@H]3[C@H]2CC[C@]2(C)C(NNC(N)=O)=CC[C@H]32)C1. The highest BCUT2D eigenvalue weighted by atomic mass is 16.5. The van der Waals surface area contributed by atoms with E-state index in [2.05, 4.69) is 36.9 Å². The average molecular weight is 388 g/mol. The third-order valence-corrected chi connectivity index (χ3v) is 8.29. The Kier molecular flexibility index (Phi) is 4.71. The molecule has 0 saturated heterocycles. The van der Waals surface area contributed by atoms with E-state index in [0.717, 1.165) is 44.2 Å². The van der Waals surface area contributed by atoms with Gasteiger partial charge in [0.05, 0.1) is 0 Å². The number of nitrogens with two attached hydrogens (primary N) is 1. The van der Waals surface area contributed by atoms with Crippen LogP contribution in [0.4, 0.5) is 4.79 Å². The number of allylic oxidation sites excluding steroid dienone is 3. The number of esters is 1. The van der Waals surface area contributed by atoms with Crippen molar-refractivity contribution in [1.82, 2.24) is 10.9 Å². The minimum Gasteiger partial charge on any atom is -0.462 e. The van der Waals surface area contributed by atoms with Gasteiger partial charge < -0.3 is 15.9 Å². The number of hydrogen-bond donors (Lipinski definition) is 3. The molecular formula is C22H33N3O3. The Balaban J connectivity index is 1.52. The molecule has 0 unspecified atom stereocenters. The van der Waals surface area contributed by atoms with E-state index in [9.17, 15) is 9.59 Å². The zero-order chi connectivity index (χ0) is 20.1. The molecule has 0 heterocycles. The number of hydrogen-bond acceptors (Lipinski definition) is 4.